The zero-order chi connectivity index (χ0) is 17.1. The summed E-state index contributed by atoms with van der Waals surface area (Å²) in [6, 6.07) is 17.3. The average Bonchev–Trinajstić information content (AvgIpc) is 2.62. The summed E-state index contributed by atoms with van der Waals surface area (Å²) in [7, 11) is 0. The smallest absolute Gasteiger partial charge is 0.0992 e. The van der Waals surface area contributed by atoms with Crippen LogP contribution in [0.4, 0.5) is 11.4 Å². The number of anilines is 2. The van der Waals surface area contributed by atoms with Gasteiger partial charge in [0, 0.05) is 22.4 Å². The standard InChI is InChI=1S/C20H23N3S/c1-4-22(5-2)15(3)14-23-17-8-6-7-9-19(17)24-20-11-10-16(13-21)12-18(20)23/h6-12,15H,4-5,14H2,1-3H3/t15-/m1/s1. The third-order valence-corrected chi connectivity index (χ3v) is 5.77. The van der Waals surface area contributed by atoms with Crippen molar-refractivity contribution in [3.63, 3.8) is 0 Å². The van der Waals surface area contributed by atoms with Gasteiger partial charge in [-0.25, -0.2) is 0 Å². The van der Waals surface area contributed by atoms with Crippen LogP contribution >= 0.6 is 11.8 Å². The topological polar surface area (TPSA) is 30.3 Å². The SMILES string of the molecule is CCN(CC)[C@H](C)CN1c2ccccc2Sc2ccc(C#N)cc21. The number of nitriles is 1. The Morgan fingerprint density at radius 3 is 2.50 bits per heavy atom. The summed E-state index contributed by atoms with van der Waals surface area (Å²) in [5, 5.41) is 9.28. The van der Waals surface area contributed by atoms with Crippen molar-refractivity contribution in [1.82, 2.24) is 4.90 Å². The average molecular weight is 337 g/mol. The number of benzene rings is 2. The van der Waals surface area contributed by atoms with E-state index in [1.807, 2.05) is 12.1 Å². The number of likely N-dealkylation sites (N-methyl/N-ethyl adjacent to an activating group) is 1. The molecule has 0 unspecified atom stereocenters. The quantitative estimate of drug-likeness (QED) is 0.777. The molecule has 0 radical (unpaired) electrons. The third kappa shape index (κ3) is 3.15. The lowest BCUT2D eigenvalue weighted by Crippen LogP contribution is -2.41. The minimum Gasteiger partial charge on any atom is -0.338 e. The first-order valence-electron chi connectivity index (χ1n) is 8.50. The number of hydrogen-bond donors (Lipinski definition) is 0. The van der Waals surface area contributed by atoms with E-state index >= 15 is 0 Å². The molecule has 1 heterocycles. The van der Waals surface area contributed by atoms with E-state index in [1.165, 1.54) is 15.5 Å². The monoisotopic (exact) mass is 337 g/mol. The Bertz CT molecular complexity index is 762. The van der Waals surface area contributed by atoms with Gasteiger partial charge in [0.05, 0.1) is 23.0 Å². The van der Waals surface area contributed by atoms with Crippen molar-refractivity contribution in [1.29, 1.82) is 5.26 Å². The van der Waals surface area contributed by atoms with Gasteiger partial charge < -0.3 is 4.90 Å². The maximum Gasteiger partial charge on any atom is 0.0992 e. The number of hydrogen-bond acceptors (Lipinski definition) is 4. The fourth-order valence-electron chi connectivity index (χ4n) is 3.32. The van der Waals surface area contributed by atoms with Crippen LogP contribution in [0.2, 0.25) is 0 Å². The molecule has 2 aromatic carbocycles. The molecule has 124 valence electrons. The Hall–Kier alpha value is -1.96. The van der Waals surface area contributed by atoms with Crippen LogP contribution < -0.4 is 4.90 Å². The molecule has 1 atom stereocenters. The molecule has 0 aromatic heterocycles. The highest BCUT2D eigenvalue weighted by molar-refractivity contribution is 7.99. The van der Waals surface area contributed by atoms with Crippen molar-refractivity contribution in [3.8, 4) is 6.07 Å². The van der Waals surface area contributed by atoms with Gasteiger partial charge in [0.25, 0.3) is 0 Å². The summed E-state index contributed by atoms with van der Waals surface area (Å²) in [6.07, 6.45) is 0. The van der Waals surface area contributed by atoms with Gasteiger partial charge in [-0.15, -0.1) is 0 Å². The largest absolute Gasteiger partial charge is 0.338 e. The summed E-state index contributed by atoms with van der Waals surface area (Å²) in [5.41, 5.74) is 3.11. The van der Waals surface area contributed by atoms with Gasteiger partial charge in [0.15, 0.2) is 0 Å². The third-order valence-electron chi connectivity index (χ3n) is 4.64. The van der Waals surface area contributed by atoms with Crippen molar-refractivity contribution < 1.29 is 0 Å². The Balaban J connectivity index is 2.02. The van der Waals surface area contributed by atoms with E-state index in [1.54, 1.807) is 11.8 Å². The Labute approximate surface area is 148 Å². The minimum absolute atomic E-state index is 0.440. The lowest BCUT2D eigenvalue weighted by Gasteiger charge is -2.37. The van der Waals surface area contributed by atoms with Crippen LogP contribution in [0.3, 0.4) is 0 Å². The maximum atomic E-state index is 9.28. The first kappa shape index (κ1) is 16.9. The van der Waals surface area contributed by atoms with Crippen molar-refractivity contribution >= 4 is 23.1 Å². The molecule has 0 amide bonds. The highest BCUT2D eigenvalue weighted by atomic mass is 32.2. The minimum atomic E-state index is 0.440. The summed E-state index contributed by atoms with van der Waals surface area (Å²) >= 11 is 1.79. The van der Waals surface area contributed by atoms with Crippen LogP contribution in [0.5, 0.6) is 0 Å². The Morgan fingerprint density at radius 2 is 1.79 bits per heavy atom. The highest BCUT2D eigenvalue weighted by Crippen LogP contribution is 2.48. The van der Waals surface area contributed by atoms with Gasteiger partial charge in [0.2, 0.25) is 0 Å². The summed E-state index contributed by atoms with van der Waals surface area (Å²) in [4.78, 5) is 7.35. The normalized spacial score (nSPS) is 14.0. The van der Waals surface area contributed by atoms with Crippen LogP contribution in [-0.4, -0.2) is 30.6 Å². The lowest BCUT2D eigenvalue weighted by molar-refractivity contribution is 0.236. The molecule has 3 nitrogen and oxygen atoms in total. The predicted molar refractivity (Wildman–Crippen MR) is 101 cm³/mol. The first-order chi connectivity index (χ1) is 11.7. The van der Waals surface area contributed by atoms with E-state index in [4.69, 9.17) is 0 Å². The van der Waals surface area contributed by atoms with Gasteiger partial charge >= 0.3 is 0 Å². The van der Waals surface area contributed by atoms with Gasteiger partial charge in [0.1, 0.15) is 0 Å². The maximum absolute atomic E-state index is 9.28. The number of fused-ring (bicyclic) bond motifs is 2. The number of para-hydroxylation sites is 1. The molecule has 0 aliphatic carbocycles. The van der Waals surface area contributed by atoms with Crippen LogP contribution in [0.1, 0.15) is 26.3 Å². The second kappa shape index (κ2) is 7.29. The number of nitrogens with zero attached hydrogens (tertiary/aromatic N) is 3. The van der Waals surface area contributed by atoms with Crippen molar-refractivity contribution in [3.05, 3.63) is 48.0 Å². The second-order valence-electron chi connectivity index (χ2n) is 6.04. The molecule has 1 aliphatic rings. The molecule has 4 heteroatoms. The molecular formula is C20H23N3S. The van der Waals surface area contributed by atoms with E-state index in [2.05, 4.69) is 67.0 Å². The summed E-state index contributed by atoms with van der Waals surface area (Å²) in [5.74, 6) is 0. The molecule has 0 N–H and O–H groups in total. The lowest BCUT2D eigenvalue weighted by atomic mass is 10.1. The molecule has 1 aliphatic heterocycles. The second-order valence-corrected chi connectivity index (χ2v) is 7.13. The fraction of sp³-hybridized carbons (Fsp3) is 0.350. The van der Waals surface area contributed by atoms with Crippen LogP contribution in [0.25, 0.3) is 0 Å². The first-order valence-corrected chi connectivity index (χ1v) is 9.32. The van der Waals surface area contributed by atoms with Gasteiger partial charge in [-0.2, -0.15) is 5.26 Å². The highest BCUT2D eigenvalue weighted by Gasteiger charge is 2.26. The van der Waals surface area contributed by atoms with Crippen LogP contribution in [-0.2, 0) is 0 Å². The van der Waals surface area contributed by atoms with Crippen molar-refractivity contribution in [2.45, 2.75) is 36.6 Å². The van der Waals surface area contributed by atoms with Crippen LogP contribution in [0.15, 0.2) is 52.3 Å². The fourth-order valence-corrected chi connectivity index (χ4v) is 4.40. The molecule has 0 spiro atoms. The molecule has 0 bridgehead atoms. The van der Waals surface area contributed by atoms with E-state index in [0.717, 1.165) is 25.3 Å². The molecule has 24 heavy (non-hydrogen) atoms. The Morgan fingerprint density at radius 1 is 1.08 bits per heavy atom. The van der Waals surface area contributed by atoms with E-state index in [9.17, 15) is 5.26 Å². The summed E-state index contributed by atoms with van der Waals surface area (Å²) < 4.78 is 0. The Kier molecular flexibility index (Phi) is 5.13. The van der Waals surface area contributed by atoms with Crippen molar-refractivity contribution in [2.75, 3.05) is 24.5 Å². The molecule has 2 aromatic rings. The van der Waals surface area contributed by atoms with Gasteiger partial charge in [-0.05, 0) is 50.3 Å². The molecule has 3 rings (SSSR count). The van der Waals surface area contributed by atoms with E-state index in [0.29, 0.717) is 11.6 Å². The molecular weight excluding hydrogens is 314 g/mol. The molecule has 0 saturated heterocycles. The van der Waals surface area contributed by atoms with Crippen LogP contribution in [0, 0.1) is 11.3 Å². The van der Waals surface area contributed by atoms with Crippen molar-refractivity contribution in [2.24, 2.45) is 0 Å². The number of rotatable bonds is 5. The zero-order valence-corrected chi connectivity index (χ0v) is 15.3. The molecule has 0 fully saturated rings. The van der Waals surface area contributed by atoms with E-state index in [-0.39, 0.29) is 0 Å². The molecule has 0 saturated carbocycles. The van der Waals surface area contributed by atoms with Gasteiger partial charge in [-0.1, -0.05) is 37.7 Å². The zero-order valence-electron chi connectivity index (χ0n) is 14.5. The van der Waals surface area contributed by atoms with E-state index < -0.39 is 0 Å². The summed E-state index contributed by atoms with van der Waals surface area (Å²) in [6.45, 7) is 9.72. The predicted octanol–water partition coefficient (Wildman–Crippen LogP) is 4.89. The van der Waals surface area contributed by atoms with Gasteiger partial charge in [-0.3, -0.25) is 4.90 Å².